The van der Waals surface area contributed by atoms with Crippen LogP contribution in [0.1, 0.15) is 46.8 Å². The van der Waals surface area contributed by atoms with Gasteiger partial charge in [-0.3, -0.25) is 9.59 Å². The predicted molar refractivity (Wildman–Crippen MR) is 148 cm³/mol. The summed E-state index contributed by atoms with van der Waals surface area (Å²) in [6.45, 7) is 3.66. The number of carbonyl (C=O) groups is 2. The van der Waals surface area contributed by atoms with Crippen molar-refractivity contribution in [3.05, 3.63) is 95.1 Å². The minimum absolute atomic E-state index is 0.0457. The van der Waals surface area contributed by atoms with Crippen LogP contribution in [-0.2, 0) is 11.3 Å². The highest BCUT2D eigenvalue weighted by atomic mass is 16.2. The zero-order chi connectivity index (χ0) is 25.7. The van der Waals surface area contributed by atoms with Crippen molar-refractivity contribution < 1.29 is 9.59 Å². The lowest BCUT2D eigenvalue weighted by atomic mass is 9.98. The summed E-state index contributed by atoms with van der Waals surface area (Å²) in [5.41, 5.74) is 6.22. The van der Waals surface area contributed by atoms with Crippen molar-refractivity contribution >= 4 is 34.5 Å². The second-order valence-corrected chi connectivity index (χ2v) is 9.47. The Bertz CT molecular complexity index is 1260. The standard InChI is InChI=1S/C30H34N4O2/c1-5-6-18-34(4)30(36)23-14-17-26-25(19-23)27(29(35)32-26)28(22-10-8-7-9-11-22)31-24-15-12-21(13-16-24)20-33(2)3/h7-17,19,31H,5-6,18,20H2,1-4H3,(H,32,35)/b28-27-. The second kappa shape index (κ2) is 11.2. The quantitative estimate of drug-likeness (QED) is 0.392. The molecule has 1 heterocycles. The number of amides is 2. The van der Waals surface area contributed by atoms with E-state index >= 15 is 0 Å². The smallest absolute Gasteiger partial charge is 0.258 e. The van der Waals surface area contributed by atoms with E-state index in [0.29, 0.717) is 29.1 Å². The van der Waals surface area contributed by atoms with Crippen LogP contribution in [0.2, 0.25) is 0 Å². The number of fused-ring (bicyclic) bond motifs is 1. The first-order valence-electron chi connectivity index (χ1n) is 12.4. The largest absolute Gasteiger partial charge is 0.354 e. The molecule has 0 aliphatic carbocycles. The third-order valence-corrected chi connectivity index (χ3v) is 6.24. The van der Waals surface area contributed by atoms with Crippen LogP contribution in [0.4, 0.5) is 11.4 Å². The number of anilines is 2. The van der Waals surface area contributed by atoms with Crippen LogP contribution in [0.15, 0.2) is 72.8 Å². The minimum atomic E-state index is -0.190. The maximum Gasteiger partial charge on any atom is 0.258 e. The van der Waals surface area contributed by atoms with E-state index in [1.54, 1.807) is 11.0 Å². The van der Waals surface area contributed by atoms with Crippen molar-refractivity contribution in [3.8, 4) is 0 Å². The predicted octanol–water partition coefficient (Wildman–Crippen LogP) is 5.55. The normalized spacial score (nSPS) is 13.9. The molecule has 3 aromatic rings. The summed E-state index contributed by atoms with van der Waals surface area (Å²) >= 11 is 0. The number of hydrogen-bond acceptors (Lipinski definition) is 4. The van der Waals surface area contributed by atoms with Gasteiger partial charge in [-0.25, -0.2) is 0 Å². The summed E-state index contributed by atoms with van der Waals surface area (Å²) in [5.74, 6) is -0.236. The van der Waals surface area contributed by atoms with E-state index in [1.165, 1.54) is 5.56 Å². The van der Waals surface area contributed by atoms with Crippen molar-refractivity contribution in [1.29, 1.82) is 0 Å². The van der Waals surface area contributed by atoms with Gasteiger partial charge in [-0.05, 0) is 62.0 Å². The van der Waals surface area contributed by atoms with Gasteiger partial charge in [-0.1, -0.05) is 55.8 Å². The van der Waals surface area contributed by atoms with Crippen LogP contribution in [0.3, 0.4) is 0 Å². The summed E-state index contributed by atoms with van der Waals surface area (Å²) in [6, 6.07) is 23.5. The molecule has 1 aliphatic rings. The Labute approximate surface area is 213 Å². The highest BCUT2D eigenvalue weighted by molar-refractivity contribution is 6.37. The molecule has 2 amide bonds. The number of nitrogens with one attached hydrogen (secondary N) is 2. The highest BCUT2D eigenvalue weighted by Crippen LogP contribution is 2.38. The lowest BCUT2D eigenvalue weighted by Crippen LogP contribution is -2.27. The zero-order valence-corrected chi connectivity index (χ0v) is 21.5. The lowest BCUT2D eigenvalue weighted by molar-refractivity contribution is -0.110. The van der Waals surface area contributed by atoms with Crippen molar-refractivity contribution in [3.63, 3.8) is 0 Å². The van der Waals surface area contributed by atoms with E-state index in [1.807, 2.05) is 75.7 Å². The fourth-order valence-electron chi connectivity index (χ4n) is 4.35. The van der Waals surface area contributed by atoms with Crippen molar-refractivity contribution in [2.75, 3.05) is 38.3 Å². The number of rotatable bonds is 9. The Balaban J connectivity index is 1.76. The third-order valence-electron chi connectivity index (χ3n) is 6.24. The van der Waals surface area contributed by atoms with Gasteiger partial charge in [0.15, 0.2) is 0 Å². The highest BCUT2D eigenvalue weighted by Gasteiger charge is 2.29. The summed E-state index contributed by atoms with van der Waals surface area (Å²) in [5, 5.41) is 6.47. The Hall–Kier alpha value is -3.90. The van der Waals surface area contributed by atoms with E-state index in [4.69, 9.17) is 0 Å². The molecule has 0 saturated heterocycles. The minimum Gasteiger partial charge on any atom is -0.354 e. The first kappa shape index (κ1) is 25.2. The summed E-state index contributed by atoms with van der Waals surface area (Å²) in [6.07, 6.45) is 1.98. The Kier molecular flexibility index (Phi) is 7.86. The van der Waals surface area contributed by atoms with E-state index in [9.17, 15) is 9.59 Å². The van der Waals surface area contributed by atoms with Gasteiger partial charge in [-0.2, -0.15) is 0 Å². The summed E-state index contributed by atoms with van der Waals surface area (Å²) in [7, 11) is 5.91. The van der Waals surface area contributed by atoms with Gasteiger partial charge in [-0.15, -0.1) is 0 Å². The average Bonchev–Trinajstić information content (AvgIpc) is 3.21. The molecule has 0 spiro atoms. The average molecular weight is 483 g/mol. The van der Waals surface area contributed by atoms with Crippen LogP contribution in [-0.4, -0.2) is 49.3 Å². The monoisotopic (exact) mass is 482 g/mol. The van der Waals surface area contributed by atoms with Gasteiger partial charge in [0.2, 0.25) is 0 Å². The van der Waals surface area contributed by atoms with Gasteiger partial charge in [0.25, 0.3) is 11.8 Å². The molecule has 0 atom stereocenters. The van der Waals surface area contributed by atoms with Crippen LogP contribution >= 0.6 is 0 Å². The molecule has 0 saturated carbocycles. The molecule has 0 fully saturated rings. The van der Waals surface area contributed by atoms with Crippen LogP contribution in [0, 0.1) is 0 Å². The fraction of sp³-hybridized carbons (Fsp3) is 0.267. The SMILES string of the molecule is CCCCN(C)C(=O)c1ccc2c(c1)/C(=C(/Nc1ccc(CN(C)C)cc1)c1ccccc1)C(=O)N2. The fourth-order valence-corrected chi connectivity index (χ4v) is 4.35. The van der Waals surface area contributed by atoms with Gasteiger partial charge in [0.05, 0.1) is 11.3 Å². The molecule has 6 heteroatoms. The molecule has 0 aromatic heterocycles. The summed E-state index contributed by atoms with van der Waals surface area (Å²) < 4.78 is 0. The van der Waals surface area contributed by atoms with Gasteiger partial charge in [0, 0.05) is 42.6 Å². The molecule has 6 nitrogen and oxygen atoms in total. The molecule has 2 N–H and O–H groups in total. The van der Waals surface area contributed by atoms with Crippen LogP contribution < -0.4 is 10.6 Å². The van der Waals surface area contributed by atoms with E-state index < -0.39 is 0 Å². The first-order valence-corrected chi connectivity index (χ1v) is 12.4. The van der Waals surface area contributed by atoms with E-state index in [0.717, 1.165) is 36.2 Å². The van der Waals surface area contributed by atoms with Crippen molar-refractivity contribution in [2.45, 2.75) is 26.3 Å². The summed E-state index contributed by atoms with van der Waals surface area (Å²) in [4.78, 5) is 30.2. The first-order chi connectivity index (χ1) is 17.4. The molecule has 4 rings (SSSR count). The van der Waals surface area contributed by atoms with E-state index in [-0.39, 0.29) is 11.8 Å². The number of nitrogens with zero attached hydrogens (tertiary/aromatic N) is 2. The second-order valence-electron chi connectivity index (χ2n) is 9.47. The molecule has 3 aromatic carbocycles. The lowest BCUT2D eigenvalue weighted by Gasteiger charge is -2.18. The van der Waals surface area contributed by atoms with E-state index in [2.05, 4.69) is 34.6 Å². The number of carbonyl (C=O) groups excluding carboxylic acids is 2. The molecule has 36 heavy (non-hydrogen) atoms. The molecule has 186 valence electrons. The van der Waals surface area contributed by atoms with Crippen molar-refractivity contribution in [1.82, 2.24) is 9.80 Å². The molecular formula is C30H34N4O2. The molecule has 0 bridgehead atoms. The van der Waals surface area contributed by atoms with Crippen molar-refractivity contribution in [2.24, 2.45) is 0 Å². The number of benzene rings is 3. The topological polar surface area (TPSA) is 64.7 Å². The third kappa shape index (κ3) is 5.66. The van der Waals surface area contributed by atoms with Crippen LogP contribution in [0.25, 0.3) is 11.3 Å². The van der Waals surface area contributed by atoms with Crippen LogP contribution in [0.5, 0.6) is 0 Å². The number of unbranched alkanes of at least 4 members (excludes halogenated alkanes) is 1. The maximum absolute atomic E-state index is 13.3. The Morgan fingerprint density at radius 3 is 2.31 bits per heavy atom. The Morgan fingerprint density at radius 2 is 1.64 bits per heavy atom. The number of hydrogen-bond donors (Lipinski definition) is 2. The molecule has 0 unspecified atom stereocenters. The van der Waals surface area contributed by atoms with Gasteiger partial charge >= 0.3 is 0 Å². The maximum atomic E-state index is 13.3. The van der Waals surface area contributed by atoms with Gasteiger partial charge < -0.3 is 20.4 Å². The molecule has 0 radical (unpaired) electrons. The zero-order valence-electron chi connectivity index (χ0n) is 21.5. The molecular weight excluding hydrogens is 448 g/mol. The Morgan fingerprint density at radius 1 is 0.917 bits per heavy atom. The molecule has 1 aliphatic heterocycles. The van der Waals surface area contributed by atoms with Gasteiger partial charge in [0.1, 0.15) is 0 Å².